The van der Waals surface area contributed by atoms with Crippen LogP contribution in [0.1, 0.15) is 29.2 Å². The number of benzene rings is 2. The Labute approximate surface area is 175 Å². The summed E-state index contributed by atoms with van der Waals surface area (Å²) < 4.78 is 5.16. The molecule has 2 amide bonds. The first-order chi connectivity index (χ1) is 14.7. The largest absolute Gasteiger partial charge is 0.495 e. The first kappa shape index (κ1) is 19.5. The minimum atomic E-state index is -0.302. The van der Waals surface area contributed by atoms with Gasteiger partial charge in [-0.2, -0.15) is 5.06 Å². The summed E-state index contributed by atoms with van der Waals surface area (Å²) in [7, 11) is 1.59. The van der Waals surface area contributed by atoms with Crippen LogP contribution >= 0.6 is 0 Å². The highest BCUT2D eigenvalue weighted by molar-refractivity contribution is 5.89. The lowest BCUT2D eigenvalue weighted by molar-refractivity contribution is -0.0829. The lowest BCUT2D eigenvalue weighted by atomic mass is 10.1. The van der Waals surface area contributed by atoms with Crippen LogP contribution in [0.3, 0.4) is 0 Å². The van der Waals surface area contributed by atoms with Gasteiger partial charge in [0, 0.05) is 29.4 Å². The van der Waals surface area contributed by atoms with Crippen molar-refractivity contribution in [3.8, 4) is 17.6 Å². The van der Waals surface area contributed by atoms with Crippen molar-refractivity contribution in [2.75, 3.05) is 19.0 Å². The molecular weight excluding hydrogens is 378 g/mol. The summed E-state index contributed by atoms with van der Waals surface area (Å²) in [5.74, 6) is 6.80. The molecule has 1 N–H and O–H groups in total. The van der Waals surface area contributed by atoms with E-state index in [1.54, 1.807) is 19.5 Å². The zero-order valence-corrected chi connectivity index (χ0v) is 16.5. The molecule has 2 aromatic carbocycles. The number of hydrogen-bond acceptors (Lipinski definition) is 4. The third-order valence-corrected chi connectivity index (χ3v) is 4.70. The Bertz CT molecular complexity index is 1090. The molecule has 1 saturated heterocycles. The van der Waals surface area contributed by atoms with Gasteiger partial charge in [-0.15, -0.1) is 0 Å². The maximum atomic E-state index is 12.8. The maximum Gasteiger partial charge on any atom is 0.346 e. The van der Waals surface area contributed by atoms with Crippen LogP contribution in [0.5, 0.6) is 5.75 Å². The fraction of sp³-hybridized carbons (Fsp3) is 0.167. The summed E-state index contributed by atoms with van der Waals surface area (Å²) >= 11 is 0. The van der Waals surface area contributed by atoms with Crippen LogP contribution in [0.4, 0.5) is 10.5 Å². The van der Waals surface area contributed by atoms with E-state index in [0.29, 0.717) is 18.0 Å². The van der Waals surface area contributed by atoms with E-state index in [9.17, 15) is 4.79 Å². The number of carbonyl (C=O) groups excluding carboxylic acids is 1. The zero-order chi connectivity index (χ0) is 20.8. The molecule has 0 saturated carbocycles. The van der Waals surface area contributed by atoms with Gasteiger partial charge >= 0.3 is 6.03 Å². The Morgan fingerprint density at radius 1 is 1.10 bits per heavy atom. The summed E-state index contributed by atoms with van der Waals surface area (Å²) in [4.78, 5) is 22.5. The van der Waals surface area contributed by atoms with E-state index in [0.717, 1.165) is 23.1 Å². The SMILES string of the molecule is COc1cncc(C#Cc2cccc(NC(=O)N3OCC[C@H]3c3ccccc3)c2)c1. The van der Waals surface area contributed by atoms with E-state index in [1.165, 1.54) is 5.06 Å². The molecule has 0 bridgehead atoms. The standard InChI is InChI=1S/C24H21N3O3/c1-29-22-15-19(16-25-17-22)11-10-18-6-5-9-21(14-18)26-24(28)27-23(12-13-30-27)20-7-3-2-4-8-20/h2-9,14-17,23H,12-13H2,1H3,(H,26,28)/t23-/m0/s1. The molecule has 0 radical (unpaired) electrons. The van der Waals surface area contributed by atoms with E-state index in [4.69, 9.17) is 9.57 Å². The second-order valence-corrected chi connectivity index (χ2v) is 6.75. The van der Waals surface area contributed by atoms with Crippen LogP contribution in [-0.4, -0.2) is 29.8 Å². The van der Waals surface area contributed by atoms with Crippen molar-refractivity contribution in [1.29, 1.82) is 0 Å². The molecule has 0 unspecified atom stereocenters. The van der Waals surface area contributed by atoms with Crippen molar-refractivity contribution in [2.45, 2.75) is 12.5 Å². The van der Waals surface area contributed by atoms with Crippen LogP contribution in [0.25, 0.3) is 0 Å². The van der Waals surface area contributed by atoms with Crippen molar-refractivity contribution < 1.29 is 14.4 Å². The molecule has 0 aliphatic carbocycles. The molecule has 1 fully saturated rings. The fourth-order valence-electron chi connectivity index (χ4n) is 3.24. The number of aromatic nitrogens is 1. The second-order valence-electron chi connectivity index (χ2n) is 6.75. The Kier molecular flexibility index (Phi) is 5.93. The van der Waals surface area contributed by atoms with Crippen LogP contribution in [0.2, 0.25) is 0 Å². The monoisotopic (exact) mass is 399 g/mol. The molecule has 1 atom stereocenters. The van der Waals surface area contributed by atoms with Crippen LogP contribution in [0.15, 0.2) is 73.1 Å². The molecule has 2 heterocycles. The molecule has 1 aliphatic heterocycles. The fourth-order valence-corrected chi connectivity index (χ4v) is 3.24. The number of nitrogens with zero attached hydrogens (tertiary/aromatic N) is 2. The maximum absolute atomic E-state index is 12.8. The first-order valence-electron chi connectivity index (χ1n) is 9.62. The minimum Gasteiger partial charge on any atom is -0.495 e. The topological polar surface area (TPSA) is 63.7 Å². The van der Waals surface area contributed by atoms with Crippen molar-refractivity contribution in [3.05, 3.63) is 89.7 Å². The van der Waals surface area contributed by atoms with Crippen molar-refractivity contribution in [2.24, 2.45) is 0 Å². The van der Waals surface area contributed by atoms with Crippen molar-refractivity contribution >= 4 is 11.7 Å². The molecule has 150 valence electrons. The van der Waals surface area contributed by atoms with Gasteiger partial charge in [-0.05, 0) is 29.8 Å². The number of methoxy groups -OCH3 is 1. The van der Waals surface area contributed by atoms with Gasteiger partial charge in [0.15, 0.2) is 0 Å². The van der Waals surface area contributed by atoms with Gasteiger partial charge in [-0.25, -0.2) is 4.79 Å². The van der Waals surface area contributed by atoms with E-state index in [1.807, 2.05) is 60.7 Å². The highest BCUT2D eigenvalue weighted by Gasteiger charge is 2.31. The Morgan fingerprint density at radius 3 is 2.77 bits per heavy atom. The Hall–Kier alpha value is -3.82. The first-order valence-corrected chi connectivity index (χ1v) is 9.62. The van der Waals surface area contributed by atoms with Gasteiger partial charge in [0.2, 0.25) is 0 Å². The molecule has 0 spiro atoms. The van der Waals surface area contributed by atoms with Crippen LogP contribution in [-0.2, 0) is 4.84 Å². The minimum absolute atomic E-state index is 0.102. The molecule has 1 aliphatic rings. The summed E-state index contributed by atoms with van der Waals surface area (Å²) in [6.07, 6.45) is 4.07. The smallest absolute Gasteiger partial charge is 0.346 e. The number of pyridine rings is 1. The van der Waals surface area contributed by atoms with Gasteiger partial charge in [0.25, 0.3) is 0 Å². The third-order valence-electron chi connectivity index (χ3n) is 4.70. The van der Waals surface area contributed by atoms with E-state index >= 15 is 0 Å². The summed E-state index contributed by atoms with van der Waals surface area (Å²) in [5.41, 5.74) is 3.23. The zero-order valence-electron chi connectivity index (χ0n) is 16.5. The van der Waals surface area contributed by atoms with Gasteiger partial charge < -0.3 is 10.1 Å². The quantitative estimate of drug-likeness (QED) is 0.663. The Balaban J connectivity index is 1.47. The lowest BCUT2D eigenvalue weighted by Crippen LogP contribution is -2.33. The average molecular weight is 399 g/mol. The summed E-state index contributed by atoms with van der Waals surface area (Å²) in [6.45, 7) is 0.507. The van der Waals surface area contributed by atoms with E-state index in [2.05, 4.69) is 22.1 Å². The number of anilines is 1. The van der Waals surface area contributed by atoms with Gasteiger partial charge in [0.1, 0.15) is 5.75 Å². The number of amides is 2. The predicted molar refractivity (Wildman–Crippen MR) is 114 cm³/mol. The number of rotatable bonds is 3. The van der Waals surface area contributed by atoms with Gasteiger partial charge in [-0.3, -0.25) is 9.82 Å². The number of nitrogens with one attached hydrogen (secondary N) is 1. The van der Waals surface area contributed by atoms with Crippen LogP contribution in [0, 0.1) is 11.8 Å². The molecule has 6 nitrogen and oxygen atoms in total. The van der Waals surface area contributed by atoms with Crippen molar-refractivity contribution in [1.82, 2.24) is 10.0 Å². The average Bonchev–Trinajstić information content (AvgIpc) is 3.29. The number of carbonyl (C=O) groups is 1. The summed E-state index contributed by atoms with van der Waals surface area (Å²) in [6, 6.07) is 18.7. The van der Waals surface area contributed by atoms with E-state index < -0.39 is 0 Å². The molecule has 4 rings (SSSR count). The lowest BCUT2D eigenvalue weighted by Gasteiger charge is -2.23. The normalized spacial score (nSPS) is 15.2. The number of ether oxygens (including phenoxy) is 1. The highest BCUT2D eigenvalue weighted by atomic mass is 16.7. The molecule has 6 heteroatoms. The summed E-state index contributed by atoms with van der Waals surface area (Å²) in [5, 5.41) is 4.31. The second kappa shape index (κ2) is 9.12. The molecule has 1 aromatic heterocycles. The molecule has 3 aromatic rings. The van der Waals surface area contributed by atoms with E-state index in [-0.39, 0.29) is 12.1 Å². The number of urea groups is 1. The highest BCUT2D eigenvalue weighted by Crippen LogP contribution is 2.30. The number of hydrogen-bond donors (Lipinski definition) is 1. The van der Waals surface area contributed by atoms with Gasteiger partial charge in [0.05, 0.1) is 26.0 Å². The van der Waals surface area contributed by atoms with Crippen LogP contribution < -0.4 is 10.1 Å². The van der Waals surface area contributed by atoms with Crippen molar-refractivity contribution in [3.63, 3.8) is 0 Å². The number of hydroxylamine groups is 2. The Morgan fingerprint density at radius 2 is 1.93 bits per heavy atom. The predicted octanol–water partition coefficient (Wildman–Crippen LogP) is 4.40. The molecular formula is C24H21N3O3. The third kappa shape index (κ3) is 4.59. The molecule has 30 heavy (non-hydrogen) atoms. The van der Waals surface area contributed by atoms with Gasteiger partial charge in [-0.1, -0.05) is 48.2 Å².